The van der Waals surface area contributed by atoms with Crippen LogP contribution in [0, 0.1) is 18.7 Å². The van der Waals surface area contributed by atoms with Crippen molar-refractivity contribution in [2.75, 3.05) is 53.0 Å². The monoisotopic (exact) mass is 388 g/mol. The van der Waals surface area contributed by atoms with E-state index in [-0.39, 0.29) is 5.82 Å². The van der Waals surface area contributed by atoms with Crippen LogP contribution in [-0.4, -0.2) is 68.7 Å². The van der Waals surface area contributed by atoms with Crippen LogP contribution in [0.1, 0.15) is 17.7 Å². The summed E-state index contributed by atoms with van der Waals surface area (Å²) in [6.45, 7) is 9.45. The van der Waals surface area contributed by atoms with E-state index >= 15 is 0 Å². The van der Waals surface area contributed by atoms with E-state index in [1.54, 1.807) is 6.07 Å². The van der Waals surface area contributed by atoms with E-state index in [1.807, 2.05) is 14.0 Å². The molecule has 2 saturated heterocycles. The topological polar surface area (TPSA) is 53.2 Å². The zero-order valence-corrected chi connectivity index (χ0v) is 16.7. The zero-order chi connectivity index (χ0) is 19.5. The molecule has 1 unspecified atom stereocenters. The Morgan fingerprint density at radius 2 is 2.11 bits per heavy atom. The molecule has 2 aromatic rings. The molecular formula is C21H29FN4O2. The number of benzene rings is 1. The molecule has 6 nitrogen and oxygen atoms in total. The number of nitrogens with one attached hydrogen (secondary N) is 1. The molecule has 0 aliphatic carbocycles. The Labute approximate surface area is 165 Å². The normalized spacial score (nSPS) is 21.6. The van der Waals surface area contributed by atoms with Gasteiger partial charge < -0.3 is 19.4 Å². The Balaban J connectivity index is 1.32. The average Bonchev–Trinajstić information content (AvgIpc) is 3.32. The predicted octanol–water partition coefficient (Wildman–Crippen LogP) is 2.61. The highest BCUT2D eigenvalue weighted by molar-refractivity contribution is 5.83. The number of piperazine rings is 1. The molecule has 1 aromatic heterocycles. The Morgan fingerprint density at radius 1 is 1.29 bits per heavy atom. The predicted molar refractivity (Wildman–Crippen MR) is 108 cm³/mol. The van der Waals surface area contributed by atoms with Crippen LogP contribution in [0.4, 0.5) is 4.39 Å². The van der Waals surface area contributed by atoms with Crippen LogP contribution in [0.15, 0.2) is 27.6 Å². The van der Waals surface area contributed by atoms with Crippen molar-refractivity contribution in [2.45, 2.75) is 19.9 Å². The first-order chi connectivity index (χ1) is 13.6. The van der Waals surface area contributed by atoms with Crippen LogP contribution in [0.25, 0.3) is 11.0 Å². The fourth-order valence-corrected chi connectivity index (χ4v) is 4.14. The molecule has 3 heterocycles. The molecule has 1 atom stereocenters. The molecule has 2 aliphatic heterocycles. The lowest BCUT2D eigenvalue weighted by Crippen LogP contribution is -2.53. The van der Waals surface area contributed by atoms with Crippen molar-refractivity contribution in [3.8, 4) is 0 Å². The first-order valence-electron chi connectivity index (χ1n) is 10.1. The van der Waals surface area contributed by atoms with Gasteiger partial charge in [-0.3, -0.25) is 9.89 Å². The molecule has 0 spiro atoms. The summed E-state index contributed by atoms with van der Waals surface area (Å²) in [6, 6.07) is 4.64. The summed E-state index contributed by atoms with van der Waals surface area (Å²) in [5, 5.41) is 4.24. The molecular weight excluding hydrogens is 359 g/mol. The molecule has 0 radical (unpaired) electrons. The van der Waals surface area contributed by atoms with Gasteiger partial charge in [0.05, 0.1) is 13.2 Å². The molecule has 0 amide bonds. The molecule has 2 aliphatic rings. The van der Waals surface area contributed by atoms with Crippen molar-refractivity contribution < 1.29 is 13.5 Å². The molecule has 4 rings (SSSR count). The van der Waals surface area contributed by atoms with Crippen molar-refractivity contribution in [3.63, 3.8) is 0 Å². The number of ether oxygens (including phenoxy) is 1. The maximum atomic E-state index is 13.5. The third-order valence-electron chi connectivity index (χ3n) is 5.83. The van der Waals surface area contributed by atoms with Gasteiger partial charge in [-0.1, -0.05) is 0 Å². The second-order valence-electron chi connectivity index (χ2n) is 7.71. The highest BCUT2D eigenvalue weighted by atomic mass is 19.1. The molecule has 152 valence electrons. The Bertz CT molecular complexity index is 836. The number of hydrogen-bond acceptors (Lipinski definition) is 4. The van der Waals surface area contributed by atoms with Gasteiger partial charge in [0.2, 0.25) is 0 Å². The second kappa shape index (κ2) is 8.49. The third-order valence-corrected chi connectivity index (χ3v) is 5.83. The number of halogens is 1. The largest absolute Gasteiger partial charge is 0.459 e. The van der Waals surface area contributed by atoms with Crippen molar-refractivity contribution in [2.24, 2.45) is 10.9 Å². The maximum absolute atomic E-state index is 13.5. The fourth-order valence-electron chi connectivity index (χ4n) is 4.14. The van der Waals surface area contributed by atoms with Gasteiger partial charge in [0.15, 0.2) is 5.96 Å². The van der Waals surface area contributed by atoms with Crippen LogP contribution in [-0.2, 0) is 11.3 Å². The highest BCUT2D eigenvalue weighted by Crippen LogP contribution is 2.26. The first kappa shape index (κ1) is 19.2. The fraction of sp³-hybridized carbons (Fsp3) is 0.571. The molecule has 1 aromatic carbocycles. The minimum atomic E-state index is -0.242. The number of aryl methyl sites for hydroxylation is 1. The van der Waals surface area contributed by atoms with Gasteiger partial charge in [-0.05, 0) is 37.5 Å². The Hall–Kier alpha value is -2.12. The zero-order valence-electron chi connectivity index (χ0n) is 16.7. The van der Waals surface area contributed by atoms with Crippen molar-refractivity contribution in [1.29, 1.82) is 0 Å². The van der Waals surface area contributed by atoms with E-state index in [0.29, 0.717) is 12.5 Å². The van der Waals surface area contributed by atoms with E-state index in [9.17, 15) is 4.39 Å². The Kier molecular flexibility index (Phi) is 5.82. The van der Waals surface area contributed by atoms with Gasteiger partial charge >= 0.3 is 0 Å². The SMILES string of the molecule is CN=C(NCc1oc2ccc(F)cc2c1C)N1CCN(CC2CCOC2)CC1. The van der Waals surface area contributed by atoms with Gasteiger partial charge in [0.25, 0.3) is 0 Å². The van der Waals surface area contributed by atoms with Crippen molar-refractivity contribution in [1.82, 2.24) is 15.1 Å². The number of rotatable bonds is 4. The molecule has 7 heteroatoms. The maximum Gasteiger partial charge on any atom is 0.194 e. The van der Waals surface area contributed by atoms with E-state index in [2.05, 4.69) is 20.1 Å². The summed E-state index contributed by atoms with van der Waals surface area (Å²) >= 11 is 0. The summed E-state index contributed by atoms with van der Waals surface area (Å²) in [5.74, 6) is 2.15. The lowest BCUT2D eigenvalue weighted by atomic mass is 10.1. The molecule has 2 fully saturated rings. The lowest BCUT2D eigenvalue weighted by molar-refractivity contribution is 0.139. The van der Waals surface area contributed by atoms with E-state index in [1.165, 1.54) is 18.6 Å². The van der Waals surface area contributed by atoms with Crippen LogP contribution >= 0.6 is 0 Å². The summed E-state index contributed by atoms with van der Waals surface area (Å²) in [6.07, 6.45) is 1.18. The van der Waals surface area contributed by atoms with Crippen LogP contribution in [0.3, 0.4) is 0 Å². The summed E-state index contributed by atoms with van der Waals surface area (Å²) in [4.78, 5) is 9.26. The minimum absolute atomic E-state index is 0.242. The molecule has 28 heavy (non-hydrogen) atoms. The number of fused-ring (bicyclic) bond motifs is 1. The molecule has 0 bridgehead atoms. The summed E-state index contributed by atoms with van der Waals surface area (Å²) < 4.78 is 24.9. The van der Waals surface area contributed by atoms with Gasteiger partial charge in [0.1, 0.15) is 17.2 Å². The smallest absolute Gasteiger partial charge is 0.194 e. The van der Waals surface area contributed by atoms with Gasteiger partial charge in [-0.15, -0.1) is 0 Å². The van der Waals surface area contributed by atoms with Crippen LogP contribution < -0.4 is 5.32 Å². The van der Waals surface area contributed by atoms with Gasteiger partial charge in [0, 0.05) is 57.3 Å². The Morgan fingerprint density at radius 3 is 2.82 bits per heavy atom. The van der Waals surface area contributed by atoms with E-state index < -0.39 is 0 Å². The van der Waals surface area contributed by atoms with Crippen LogP contribution in [0.2, 0.25) is 0 Å². The third kappa shape index (κ3) is 4.15. The first-order valence-corrected chi connectivity index (χ1v) is 10.1. The van der Waals surface area contributed by atoms with Crippen LogP contribution in [0.5, 0.6) is 0 Å². The second-order valence-corrected chi connectivity index (χ2v) is 7.71. The number of guanidine groups is 1. The number of hydrogen-bond donors (Lipinski definition) is 1. The molecule has 1 N–H and O–H groups in total. The summed E-state index contributed by atoms with van der Waals surface area (Å²) in [7, 11) is 1.81. The average molecular weight is 388 g/mol. The summed E-state index contributed by atoms with van der Waals surface area (Å²) in [5.41, 5.74) is 1.69. The highest BCUT2D eigenvalue weighted by Gasteiger charge is 2.24. The number of aliphatic imine (C=N–C) groups is 1. The van der Waals surface area contributed by atoms with Crippen molar-refractivity contribution in [3.05, 3.63) is 35.3 Å². The number of nitrogens with zero attached hydrogens (tertiary/aromatic N) is 3. The number of furan rings is 1. The van der Waals surface area contributed by atoms with Crippen molar-refractivity contribution >= 4 is 16.9 Å². The molecule has 0 saturated carbocycles. The van der Waals surface area contributed by atoms with E-state index in [0.717, 1.165) is 74.2 Å². The minimum Gasteiger partial charge on any atom is -0.459 e. The lowest BCUT2D eigenvalue weighted by Gasteiger charge is -2.37. The van der Waals surface area contributed by atoms with Gasteiger partial charge in [-0.25, -0.2) is 4.39 Å². The van der Waals surface area contributed by atoms with Gasteiger partial charge in [-0.2, -0.15) is 0 Å². The quantitative estimate of drug-likeness (QED) is 0.645. The standard InChI is InChI=1S/C21H29FN4O2/c1-15-18-11-17(22)3-4-19(18)28-20(15)12-24-21(23-2)26-8-6-25(7-9-26)13-16-5-10-27-14-16/h3-4,11,16H,5-10,12-14H2,1-2H3,(H,23,24). The van der Waals surface area contributed by atoms with E-state index in [4.69, 9.17) is 9.15 Å².